The van der Waals surface area contributed by atoms with Crippen molar-refractivity contribution in [3.63, 3.8) is 0 Å². The average Bonchev–Trinajstić information content (AvgIpc) is 2.31. The lowest BCUT2D eigenvalue weighted by atomic mass is 9.62. The number of hydrogen-bond acceptors (Lipinski definition) is 1. The molecule has 0 fully saturated rings. The molecule has 3 rings (SSSR count). The molecule has 0 bridgehead atoms. The molecule has 2 N–H and O–H groups in total. The molecule has 1 aromatic carbocycles. The zero-order valence-electron chi connectivity index (χ0n) is 9.82. The van der Waals surface area contributed by atoms with Crippen molar-refractivity contribution in [3.05, 3.63) is 47.5 Å². The molecular weight excluding hydrogens is 194 g/mol. The summed E-state index contributed by atoms with van der Waals surface area (Å²) in [4.78, 5) is 0. The molecule has 0 heterocycles. The molecule has 2 aliphatic carbocycles. The van der Waals surface area contributed by atoms with E-state index in [9.17, 15) is 0 Å². The lowest BCUT2D eigenvalue weighted by molar-refractivity contribution is 0.217. The van der Waals surface area contributed by atoms with Gasteiger partial charge in [-0.15, -0.1) is 0 Å². The van der Waals surface area contributed by atoms with E-state index in [2.05, 4.69) is 43.3 Å². The number of benzene rings is 1. The highest BCUT2D eigenvalue weighted by Crippen LogP contribution is 2.48. The van der Waals surface area contributed by atoms with Gasteiger partial charge in [-0.05, 0) is 42.2 Å². The topological polar surface area (TPSA) is 26.0 Å². The zero-order chi connectivity index (χ0) is 11.2. The Labute approximate surface area is 97.4 Å². The van der Waals surface area contributed by atoms with E-state index in [1.807, 2.05) is 0 Å². The molecule has 16 heavy (non-hydrogen) atoms. The van der Waals surface area contributed by atoms with Gasteiger partial charge in [0.25, 0.3) is 0 Å². The Morgan fingerprint density at radius 1 is 1.25 bits per heavy atom. The minimum atomic E-state index is -0.0994. The highest BCUT2D eigenvalue weighted by atomic mass is 14.8. The van der Waals surface area contributed by atoms with Crippen LogP contribution in [-0.4, -0.2) is 0 Å². The number of rotatable bonds is 0. The summed E-state index contributed by atoms with van der Waals surface area (Å²) in [5.74, 6) is 1.28. The fourth-order valence-corrected chi connectivity index (χ4v) is 3.46. The monoisotopic (exact) mass is 213 g/mol. The summed E-state index contributed by atoms with van der Waals surface area (Å²) in [5, 5.41) is 0. The summed E-state index contributed by atoms with van der Waals surface area (Å²) in [7, 11) is 0. The Morgan fingerprint density at radius 3 is 2.94 bits per heavy atom. The van der Waals surface area contributed by atoms with Crippen LogP contribution in [0.2, 0.25) is 0 Å². The van der Waals surface area contributed by atoms with Gasteiger partial charge in [-0.25, -0.2) is 0 Å². The van der Waals surface area contributed by atoms with Gasteiger partial charge in [0.15, 0.2) is 0 Å². The minimum Gasteiger partial charge on any atom is -0.321 e. The van der Waals surface area contributed by atoms with E-state index in [-0.39, 0.29) is 5.54 Å². The summed E-state index contributed by atoms with van der Waals surface area (Å²) < 4.78 is 0. The molecular formula is C15H19N. The van der Waals surface area contributed by atoms with Gasteiger partial charge in [0, 0.05) is 5.54 Å². The van der Waals surface area contributed by atoms with Crippen LogP contribution in [0.5, 0.6) is 0 Å². The van der Waals surface area contributed by atoms with Crippen molar-refractivity contribution in [2.24, 2.45) is 11.7 Å². The van der Waals surface area contributed by atoms with Gasteiger partial charge in [0.05, 0.1) is 0 Å². The van der Waals surface area contributed by atoms with Gasteiger partial charge in [-0.1, -0.05) is 43.3 Å². The molecule has 0 radical (unpaired) electrons. The SMILES string of the molecule is CC1C[C@@H]2CC=CC[C@]2(N)c2ccccc21. The minimum absolute atomic E-state index is 0.0994. The molecule has 1 unspecified atom stereocenters. The fraction of sp³-hybridized carbons (Fsp3) is 0.467. The van der Waals surface area contributed by atoms with Gasteiger partial charge < -0.3 is 5.73 Å². The van der Waals surface area contributed by atoms with Crippen molar-refractivity contribution in [1.29, 1.82) is 0 Å². The predicted octanol–water partition coefficient (Wildman–Crippen LogP) is 3.31. The highest BCUT2D eigenvalue weighted by Gasteiger charge is 2.42. The van der Waals surface area contributed by atoms with E-state index in [1.54, 1.807) is 0 Å². The molecule has 1 aromatic rings. The van der Waals surface area contributed by atoms with Crippen LogP contribution in [-0.2, 0) is 5.54 Å². The van der Waals surface area contributed by atoms with E-state index < -0.39 is 0 Å². The van der Waals surface area contributed by atoms with Gasteiger partial charge in [0.1, 0.15) is 0 Å². The first-order valence-corrected chi connectivity index (χ1v) is 6.25. The quantitative estimate of drug-likeness (QED) is 0.657. The third kappa shape index (κ3) is 1.28. The van der Waals surface area contributed by atoms with Crippen LogP contribution in [0.1, 0.15) is 43.2 Å². The molecule has 0 amide bonds. The first-order chi connectivity index (χ1) is 7.72. The third-order valence-electron chi connectivity index (χ3n) is 4.40. The first-order valence-electron chi connectivity index (χ1n) is 6.25. The van der Waals surface area contributed by atoms with Crippen LogP contribution in [0.15, 0.2) is 36.4 Å². The Bertz CT molecular complexity index is 435. The second-order valence-electron chi connectivity index (χ2n) is 5.37. The van der Waals surface area contributed by atoms with Crippen molar-refractivity contribution < 1.29 is 0 Å². The number of fused-ring (bicyclic) bond motifs is 3. The fourth-order valence-electron chi connectivity index (χ4n) is 3.46. The average molecular weight is 213 g/mol. The lowest BCUT2D eigenvalue weighted by Crippen LogP contribution is -2.48. The van der Waals surface area contributed by atoms with Crippen LogP contribution in [0.4, 0.5) is 0 Å². The van der Waals surface area contributed by atoms with Crippen molar-refractivity contribution in [2.45, 2.75) is 37.6 Å². The number of allylic oxidation sites excluding steroid dienone is 1. The normalized spacial score (nSPS) is 36.6. The third-order valence-corrected chi connectivity index (χ3v) is 4.40. The van der Waals surface area contributed by atoms with E-state index in [0.29, 0.717) is 11.8 Å². The van der Waals surface area contributed by atoms with Crippen LogP contribution in [0, 0.1) is 5.92 Å². The van der Waals surface area contributed by atoms with Crippen molar-refractivity contribution in [3.8, 4) is 0 Å². The molecule has 3 atom stereocenters. The predicted molar refractivity (Wildman–Crippen MR) is 67.2 cm³/mol. The Hall–Kier alpha value is -1.08. The van der Waals surface area contributed by atoms with Gasteiger partial charge in [-0.2, -0.15) is 0 Å². The van der Waals surface area contributed by atoms with Crippen LogP contribution in [0.3, 0.4) is 0 Å². The van der Waals surface area contributed by atoms with Gasteiger partial charge in [0.2, 0.25) is 0 Å². The molecule has 1 heteroatoms. The maximum Gasteiger partial charge on any atom is 0.0479 e. The molecule has 0 saturated heterocycles. The Kier molecular flexibility index (Phi) is 2.18. The standard InChI is InChI=1S/C15H19N/c1-11-10-12-6-4-5-9-15(12,16)14-8-3-2-7-13(11)14/h2-5,7-8,11-12H,6,9-10,16H2,1H3/t11?,12-,15+/m0/s1. The van der Waals surface area contributed by atoms with Crippen molar-refractivity contribution in [2.75, 3.05) is 0 Å². The number of nitrogens with two attached hydrogens (primary N) is 1. The van der Waals surface area contributed by atoms with Gasteiger partial charge in [-0.3, -0.25) is 0 Å². The lowest BCUT2D eigenvalue weighted by Gasteiger charge is -2.46. The molecule has 0 saturated carbocycles. The summed E-state index contributed by atoms with van der Waals surface area (Å²) in [6.45, 7) is 2.33. The number of hydrogen-bond donors (Lipinski definition) is 1. The Morgan fingerprint density at radius 2 is 2.06 bits per heavy atom. The zero-order valence-corrected chi connectivity index (χ0v) is 9.82. The second kappa shape index (κ2) is 3.46. The maximum atomic E-state index is 6.69. The van der Waals surface area contributed by atoms with Crippen LogP contribution < -0.4 is 5.73 Å². The Balaban J connectivity index is 2.16. The summed E-state index contributed by atoms with van der Waals surface area (Å²) >= 11 is 0. The van der Waals surface area contributed by atoms with E-state index in [1.165, 1.54) is 17.5 Å². The first kappa shape index (κ1) is 10.1. The van der Waals surface area contributed by atoms with Crippen molar-refractivity contribution >= 4 is 0 Å². The van der Waals surface area contributed by atoms with E-state index >= 15 is 0 Å². The van der Waals surface area contributed by atoms with E-state index in [0.717, 1.165) is 12.8 Å². The van der Waals surface area contributed by atoms with Crippen molar-refractivity contribution in [1.82, 2.24) is 0 Å². The summed E-state index contributed by atoms with van der Waals surface area (Å²) in [5.41, 5.74) is 9.45. The molecule has 84 valence electrons. The van der Waals surface area contributed by atoms with Crippen LogP contribution in [0.25, 0.3) is 0 Å². The summed E-state index contributed by atoms with van der Waals surface area (Å²) in [6, 6.07) is 8.75. The van der Waals surface area contributed by atoms with Gasteiger partial charge >= 0.3 is 0 Å². The molecule has 1 nitrogen and oxygen atoms in total. The summed E-state index contributed by atoms with van der Waals surface area (Å²) in [6.07, 6.45) is 7.94. The van der Waals surface area contributed by atoms with E-state index in [4.69, 9.17) is 5.73 Å². The largest absolute Gasteiger partial charge is 0.321 e. The highest BCUT2D eigenvalue weighted by molar-refractivity contribution is 5.40. The van der Waals surface area contributed by atoms with Crippen LogP contribution >= 0.6 is 0 Å². The molecule has 0 aliphatic heterocycles. The molecule has 2 aliphatic rings. The second-order valence-corrected chi connectivity index (χ2v) is 5.37. The molecule has 0 spiro atoms. The maximum absolute atomic E-state index is 6.69. The molecule has 0 aromatic heterocycles. The smallest absolute Gasteiger partial charge is 0.0479 e.